The van der Waals surface area contributed by atoms with Gasteiger partial charge in [-0.05, 0) is 0 Å². The average Bonchev–Trinajstić information content (AvgIpc) is 2.25. The molecule has 2 aromatic rings. The fourth-order valence-corrected chi connectivity index (χ4v) is 7.19. The van der Waals surface area contributed by atoms with Gasteiger partial charge in [-0.15, -0.1) is 0 Å². The van der Waals surface area contributed by atoms with Crippen LogP contribution in [0.25, 0.3) is 0 Å². The van der Waals surface area contributed by atoms with Crippen LogP contribution in [0.5, 0.6) is 0 Å². The first-order chi connectivity index (χ1) is 7.24. The van der Waals surface area contributed by atoms with E-state index in [0.29, 0.717) is 0 Å². The second-order valence-corrected chi connectivity index (χ2v) is 12.0. The Hall–Kier alpha value is -0.0579. The van der Waals surface area contributed by atoms with Gasteiger partial charge in [0.05, 0.1) is 0 Å². The van der Waals surface area contributed by atoms with Crippen LogP contribution in [0.4, 0.5) is 0 Å². The van der Waals surface area contributed by atoms with Gasteiger partial charge in [-0.3, -0.25) is 0 Å². The van der Waals surface area contributed by atoms with E-state index in [0.717, 1.165) is 10.0 Å². The molecule has 0 aliphatic carbocycles. The Morgan fingerprint density at radius 1 is 0.600 bits per heavy atom. The van der Waals surface area contributed by atoms with E-state index in [1.54, 1.807) is 0 Å². The van der Waals surface area contributed by atoms with Crippen LogP contribution in [0.1, 0.15) is 0 Å². The van der Waals surface area contributed by atoms with Gasteiger partial charge < -0.3 is 0 Å². The molecule has 0 bridgehead atoms. The molecule has 0 unspecified atom stereocenters. The van der Waals surface area contributed by atoms with E-state index in [1.807, 2.05) is 24.3 Å². The van der Waals surface area contributed by atoms with E-state index >= 15 is 0 Å². The number of benzene rings is 2. The molecule has 0 radical (unpaired) electrons. The van der Waals surface area contributed by atoms with Crippen molar-refractivity contribution in [3.63, 3.8) is 0 Å². The number of rotatable bonds is 2. The first kappa shape index (κ1) is 11.4. The Labute approximate surface area is 111 Å². The Balaban J connectivity index is 2.15. The second-order valence-electron chi connectivity index (χ2n) is 3.43. The van der Waals surface area contributed by atoms with Crippen LogP contribution in [0.2, 0.25) is 10.0 Å². The molecule has 0 saturated carbocycles. The Kier molecular flexibility index (Phi) is 4.06. The van der Waals surface area contributed by atoms with E-state index in [-0.39, 0.29) is 0 Å². The van der Waals surface area contributed by atoms with Gasteiger partial charge in [-0.25, -0.2) is 0 Å². The summed E-state index contributed by atoms with van der Waals surface area (Å²) in [5.41, 5.74) is 0. The summed E-state index contributed by atoms with van der Waals surface area (Å²) in [5, 5.41) is 1.62. The van der Waals surface area contributed by atoms with E-state index < -0.39 is 24.2 Å². The summed E-state index contributed by atoms with van der Waals surface area (Å²) in [5.74, 6) is 0. The van der Waals surface area contributed by atoms with Gasteiger partial charge in [-0.2, -0.15) is 0 Å². The molecule has 0 N–H and O–H groups in total. The van der Waals surface area contributed by atoms with Gasteiger partial charge in [0.2, 0.25) is 0 Å². The minimum absolute atomic E-state index is 0.809. The topological polar surface area (TPSA) is 0 Å². The van der Waals surface area contributed by atoms with Crippen LogP contribution in [0.3, 0.4) is 0 Å². The fourth-order valence-electron chi connectivity index (χ4n) is 1.44. The van der Waals surface area contributed by atoms with Crippen molar-refractivity contribution in [2.75, 3.05) is 0 Å². The normalized spacial score (nSPS) is 10.0. The van der Waals surface area contributed by atoms with Crippen LogP contribution in [0, 0.1) is 0 Å². The summed E-state index contributed by atoms with van der Waals surface area (Å²) < 4.78 is 2.95. The van der Waals surface area contributed by atoms with E-state index in [4.69, 9.17) is 23.2 Å². The van der Waals surface area contributed by atoms with Crippen LogP contribution in [-0.4, -0.2) is 24.2 Å². The van der Waals surface area contributed by atoms with Crippen molar-refractivity contribution in [2.24, 2.45) is 0 Å². The quantitative estimate of drug-likeness (QED) is 0.645. The third-order valence-electron chi connectivity index (χ3n) is 2.23. The minimum atomic E-state index is -1.16. The molecule has 15 heavy (non-hydrogen) atoms. The maximum atomic E-state index is 5.84. The number of hydrogen-bond donors (Lipinski definition) is 0. The summed E-state index contributed by atoms with van der Waals surface area (Å²) in [7, 11) is 0. The molecule has 0 nitrogen and oxygen atoms in total. The molecule has 2 aromatic carbocycles. The van der Waals surface area contributed by atoms with Crippen molar-refractivity contribution >= 4 is 53.7 Å². The SMILES string of the molecule is Clc1cc[c]([TlH][c]2ccc(Cl)cc2)cc1. The predicted molar refractivity (Wildman–Crippen MR) is 69.3 cm³/mol. The Bertz CT molecular complexity index is 391. The molecule has 0 fully saturated rings. The van der Waals surface area contributed by atoms with Gasteiger partial charge >= 0.3 is 112 Å². The molecule has 0 saturated heterocycles. The van der Waals surface area contributed by atoms with Gasteiger partial charge in [-0.1, -0.05) is 0 Å². The number of hydrogen-bond acceptors (Lipinski definition) is 0. The molecule has 2 rings (SSSR count). The number of halogens is 2. The standard InChI is InChI=1S/2C6H4Cl.Tl.H/c2*7-6-4-2-1-3-5-6;;/h2*2-5H;;. The fraction of sp³-hybridized carbons (Fsp3) is 0. The predicted octanol–water partition coefficient (Wildman–Crippen LogP) is 2.38. The molecule has 74 valence electrons. The molecule has 0 aliphatic heterocycles. The molecule has 0 atom stereocenters. The van der Waals surface area contributed by atoms with Crippen LogP contribution < -0.4 is 6.25 Å². The van der Waals surface area contributed by atoms with Crippen molar-refractivity contribution in [1.29, 1.82) is 0 Å². The maximum absolute atomic E-state index is 5.84. The van der Waals surface area contributed by atoms with Crippen LogP contribution in [0.15, 0.2) is 48.5 Å². The summed E-state index contributed by atoms with van der Waals surface area (Å²) in [6, 6.07) is 16.4. The van der Waals surface area contributed by atoms with Gasteiger partial charge in [0, 0.05) is 0 Å². The van der Waals surface area contributed by atoms with Crippen LogP contribution in [-0.2, 0) is 0 Å². The molecular weight excluding hydrogens is 419 g/mol. The van der Waals surface area contributed by atoms with Gasteiger partial charge in [0.25, 0.3) is 0 Å². The van der Waals surface area contributed by atoms with Crippen molar-refractivity contribution in [1.82, 2.24) is 0 Å². The van der Waals surface area contributed by atoms with Crippen molar-refractivity contribution in [2.45, 2.75) is 0 Å². The molecular formula is C12H9Cl2Tl. The summed E-state index contributed by atoms with van der Waals surface area (Å²) in [4.78, 5) is 0. The Morgan fingerprint density at radius 3 is 1.27 bits per heavy atom. The van der Waals surface area contributed by atoms with E-state index in [2.05, 4.69) is 24.3 Å². The second kappa shape index (κ2) is 5.32. The third-order valence-corrected chi connectivity index (χ3v) is 9.58. The van der Waals surface area contributed by atoms with Crippen LogP contribution >= 0.6 is 23.2 Å². The first-order valence-corrected chi connectivity index (χ1v) is 11.0. The zero-order chi connectivity index (χ0) is 10.7. The van der Waals surface area contributed by atoms with Gasteiger partial charge in [0.1, 0.15) is 0 Å². The van der Waals surface area contributed by atoms with Crippen molar-refractivity contribution in [3.05, 3.63) is 58.6 Å². The summed E-state index contributed by atoms with van der Waals surface area (Å²) in [6.07, 6.45) is 0. The van der Waals surface area contributed by atoms with Gasteiger partial charge in [0.15, 0.2) is 0 Å². The van der Waals surface area contributed by atoms with Crippen molar-refractivity contribution in [3.8, 4) is 0 Å². The molecule has 0 spiro atoms. The average molecular weight is 428 g/mol. The first-order valence-electron chi connectivity index (χ1n) is 4.73. The zero-order valence-electron chi connectivity index (χ0n) is 8.08. The molecule has 0 heterocycles. The molecule has 0 aliphatic rings. The van der Waals surface area contributed by atoms with Crippen molar-refractivity contribution < 1.29 is 0 Å². The Morgan fingerprint density at radius 2 is 0.933 bits per heavy atom. The summed E-state index contributed by atoms with van der Waals surface area (Å²) in [6.45, 7) is 0. The molecule has 0 aromatic heterocycles. The zero-order valence-corrected chi connectivity index (χ0v) is 15.1. The summed E-state index contributed by atoms with van der Waals surface area (Å²) >= 11 is 10.5. The van der Waals surface area contributed by atoms with E-state index in [9.17, 15) is 0 Å². The third kappa shape index (κ3) is 3.47. The van der Waals surface area contributed by atoms with E-state index in [1.165, 1.54) is 6.25 Å². The molecule has 3 heteroatoms. The monoisotopic (exact) mass is 428 g/mol. The molecule has 0 amide bonds.